The molecule has 1 aromatic carbocycles. The molecule has 2 aliphatic heterocycles. The van der Waals surface area contributed by atoms with E-state index < -0.39 is 70.5 Å². The second-order valence-electron chi connectivity index (χ2n) is 11.4. The Morgan fingerprint density at radius 1 is 0.889 bits per heavy atom. The first kappa shape index (κ1) is 41.1. The standard InChI is InChI=1S/C31H30N4O13S6/c1-2-16(12-19-32(8-5-11-54(45,46)47)17-6-3-4-7-18(17)50-19)23-26(42)33(9-10-48-15-22(40)41)29(51-23)24-27(43)34(13-20(36)37)30(52-24)25-28(44)35(14-21(38)39)31(49)53-25/h3-4,6-7,12H,2,5,8-11,13-15H2,1H3,(H,36,37)(H,38,39)(H,40,41)(H,45,46,47)/b19-12?,23-16?,29-24+,30-25+. The maximum atomic E-state index is 14.2. The molecule has 5 rings (SSSR count). The van der Waals surface area contributed by atoms with Gasteiger partial charge in [-0.2, -0.15) is 8.42 Å². The van der Waals surface area contributed by atoms with E-state index in [1.807, 2.05) is 29.2 Å². The summed E-state index contributed by atoms with van der Waals surface area (Å²) in [6.45, 7) is -0.736. The largest absolute Gasteiger partial charge is 0.480 e. The van der Waals surface area contributed by atoms with E-state index in [1.165, 1.54) is 16.3 Å². The summed E-state index contributed by atoms with van der Waals surface area (Å²) < 4.78 is 39.4. The number of thiazole rings is 2. The number of aliphatic carboxylic acids is 3. The molecule has 0 atom stereocenters. The SMILES string of the molecule is CCC(C=C1Sc2ccccc2N1CCCS(=O)(=O)O)=c1s/c(=c2/s/c(=C3/SC(=S)N(CC(=O)O)C3=O)n(CC(=O)O)c2=O)n(CCOCC(=O)O)c1=O. The number of hydrogen-bond donors (Lipinski definition) is 4. The number of anilines is 1. The number of amides is 1. The van der Waals surface area contributed by atoms with E-state index in [0.717, 1.165) is 42.7 Å². The van der Waals surface area contributed by atoms with Crippen LogP contribution in [0, 0.1) is 9.20 Å². The predicted octanol–water partition coefficient (Wildman–Crippen LogP) is 0.951. The van der Waals surface area contributed by atoms with Crippen molar-refractivity contribution in [2.75, 3.05) is 37.0 Å². The van der Waals surface area contributed by atoms with E-state index in [1.54, 1.807) is 13.0 Å². The van der Waals surface area contributed by atoms with Crippen LogP contribution in [-0.2, 0) is 47.1 Å². The molecule has 4 N–H and O–H groups in total. The van der Waals surface area contributed by atoms with E-state index in [2.05, 4.69) is 0 Å². The average Bonchev–Trinajstić information content (AvgIpc) is 3.79. The van der Waals surface area contributed by atoms with E-state index in [-0.39, 0.29) is 53.7 Å². The fourth-order valence-electron chi connectivity index (χ4n) is 5.37. The van der Waals surface area contributed by atoms with Crippen LogP contribution in [0.5, 0.6) is 0 Å². The van der Waals surface area contributed by atoms with Crippen LogP contribution in [0.3, 0.4) is 0 Å². The van der Waals surface area contributed by atoms with Crippen LogP contribution in [0.15, 0.2) is 49.9 Å². The Labute approximate surface area is 326 Å². The number of thiocarbonyl (C=S) groups is 1. The van der Waals surface area contributed by atoms with Crippen LogP contribution < -0.4 is 25.2 Å². The lowest BCUT2D eigenvalue weighted by molar-refractivity contribution is -0.142. The van der Waals surface area contributed by atoms with Crippen molar-refractivity contribution >= 4 is 113 Å². The zero-order valence-electron chi connectivity index (χ0n) is 28.0. The van der Waals surface area contributed by atoms with Crippen molar-refractivity contribution in [1.29, 1.82) is 0 Å². The van der Waals surface area contributed by atoms with Crippen molar-refractivity contribution in [3.05, 3.63) is 74.5 Å². The number of allylic oxidation sites excluding steroid dienone is 1. The van der Waals surface area contributed by atoms with Gasteiger partial charge >= 0.3 is 17.9 Å². The number of rotatable bonds is 15. The van der Waals surface area contributed by atoms with Gasteiger partial charge in [-0.05, 0) is 36.6 Å². The first-order valence-corrected chi connectivity index (χ1v) is 21.0. The first-order chi connectivity index (χ1) is 25.5. The maximum absolute atomic E-state index is 14.2. The normalized spacial score (nSPS) is 17.4. The summed E-state index contributed by atoms with van der Waals surface area (Å²) in [7, 11) is -4.22. The summed E-state index contributed by atoms with van der Waals surface area (Å²) in [6.07, 6.45) is 2.17. The van der Waals surface area contributed by atoms with Gasteiger partial charge in [-0.25, -0.2) is 4.79 Å². The number of nitrogens with zero attached hydrogens (tertiary/aromatic N) is 4. The van der Waals surface area contributed by atoms with Gasteiger partial charge in [0.2, 0.25) is 0 Å². The summed E-state index contributed by atoms with van der Waals surface area (Å²) in [5.41, 5.74) is -0.0902. The van der Waals surface area contributed by atoms with Gasteiger partial charge < -0.3 is 25.0 Å². The summed E-state index contributed by atoms with van der Waals surface area (Å²) >= 11 is 8.94. The molecule has 288 valence electrons. The van der Waals surface area contributed by atoms with E-state index in [4.69, 9.17) is 22.1 Å². The molecule has 3 aromatic rings. The number of carboxylic acids is 3. The summed E-state index contributed by atoms with van der Waals surface area (Å²) in [5, 5.41) is 28.7. The molecule has 1 amide bonds. The van der Waals surface area contributed by atoms with Gasteiger partial charge in [-0.3, -0.25) is 42.6 Å². The van der Waals surface area contributed by atoms with Crippen LogP contribution >= 0.6 is 58.4 Å². The number of aromatic nitrogens is 2. The molecule has 2 aliphatic rings. The van der Waals surface area contributed by atoms with E-state index in [9.17, 15) is 52.0 Å². The van der Waals surface area contributed by atoms with Gasteiger partial charge in [-0.15, -0.1) is 22.7 Å². The molecule has 23 heteroatoms. The second-order valence-corrected chi connectivity index (χ2v) is 17.6. The highest BCUT2D eigenvalue weighted by Gasteiger charge is 2.35. The highest BCUT2D eigenvalue weighted by molar-refractivity contribution is 8.30. The van der Waals surface area contributed by atoms with Crippen molar-refractivity contribution in [3.63, 3.8) is 0 Å². The van der Waals surface area contributed by atoms with E-state index >= 15 is 0 Å². The topological polar surface area (TPSA) is 243 Å². The molecule has 0 saturated carbocycles. The van der Waals surface area contributed by atoms with Crippen LogP contribution in [-0.4, -0.2) is 103 Å². The lowest BCUT2D eigenvalue weighted by atomic mass is 10.2. The lowest BCUT2D eigenvalue weighted by Gasteiger charge is -2.20. The molecule has 17 nitrogen and oxygen atoms in total. The molecule has 2 aromatic heterocycles. The van der Waals surface area contributed by atoms with Gasteiger partial charge in [0, 0.05) is 11.4 Å². The Morgan fingerprint density at radius 3 is 2.24 bits per heavy atom. The van der Waals surface area contributed by atoms with E-state index in [0.29, 0.717) is 28.8 Å². The fraction of sp³-hybridized carbons (Fsp3) is 0.323. The molecule has 0 radical (unpaired) electrons. The summed E-state index contributed by atoms with van der Waals surface area (Å²) in [4.78, 5) is 79.3. The smallest absolute Gasteiger partial charge is 0.329 e. The zero-order chi connectivity index (χ0) is 39.5. The van der Waals surface area contributed by atoms with Crippen molar-refractivity contribution in [2.24, 2.45) is 0 Å². The quantitative estimate of drug-likeness (QED) is 0.0945. The van der Waals surface area contributed by atoms with Gasteiger partial charge in [0.15, 0.2) is 0 Å². The molecule has 0 bridgehead atoms. The monoisotopic (exact) mass is 858 g/mol. The fourth-order valence-corrected chi connectivity index (χ4v) is 11.0. The molecule has 1 saturated heterocycles. The highest BCUT2D eigenvalue weighted by atomic mass is 32.2. The molecule has 0 spiro atoms. The molecule has 54 heavy (non-hydrogen) atoms. The van der Waals surface area contributed by atoms with Gasteiger partial charge in [-0.1, -0.05) is 54.8 Å². The molecular formula is C31H30N4O13S6. The number of fused-ring (bicyclic) bond motifs is 1. The third kappa shape index (κ3) is 9.22. The maximum Gasteiger partial charge on any atom is 0.329 e. The second kappa shape index (κ2) is 17.1. The molecule has 1 fully saturated rings. The Bertz CT molecular complexity index is 2550. The predicted molar refractivity (Wildman–Crippen MR) is 206 cm³/mol. The van der Waals surface area contributed by atoms with Crippen LogP contribution in [0.2, 0.25) is 0 Å². The first-order valence-electron chi connectivity index (χ1n) is 15.7. The lowest BCUT2D eigenvalue weighted by Crippen LogP contribution is -2.35. The van der Waals surface area contributed by atoms with Gasteiger partial charge in [0.25, 0.3) is 27.1 Å². The van der Waals surface area contributed by atoms with Crippen molar-refractivity contribution < 1.29 is 52.2 Å². The highest BCUT2D eigenvalue weighted by Crippen LogP contribution is 2.46. The van der Waals surface area contributed by atoms with Gasteiger partial charge in [0.1, 0.15) is 42.8 Å². The Balaban J connectivity index is 1.78. The third-order valence-electron chi connectivity index (χ3n) is 7.67. The summed E-state index contributed by atoms with van der Waals surface area (Å²) in [5.74, 6) is -5.31. The number of carbonyl (C=O) groups excluding carboxylic acids is 1. The number of benzene rings is 1. The van der Waals surface area contributed by atoms with Crippen molar-refractivity contribution in [2.45, 2.75) is 37.8 Å². The number of para-hydroxylation sites is 1. The van der Waals surface area contributed by atoms with Gasteiger partial charge in [0.05, 0.1) is 34.2 Å². The minimum atomic E-state index is -4.22. The van der Waals surface area contributed by atoms with Crippen LogP contribution in [0.25, 0.3) is 10.5 Å². The Hall–Kier alpha value is -4.10. The minimum Gasteiger partial charge on any atom is -0.480 e. The molecule has 4 heterocycles. The zero-order valence-corrected chi connectivity index (χ0v) is 32.9. The molecule has 0 aliphatic carbocycles. The van der Waals surface area contributed by atoms with Crippen molar-refractivity contribution in [1.82, 2.24) is 14.0 Å². The molecular weight excluding hydrogens is 829 g/mol. The number of carboxylic acid groups (broad SMARTS) is 3. The molecule has 0 unspecified atom stereocenters. The third-order valence-corrected chi connectivity index (χ3v) is 13.7. The number of carbonyl (C=O) groups is 4. The number of thioether (sulfide) groups is 2. The number of ether oxygens (including phenoxy) is 1. The Morgan fingerprint density at radius 2 is 1.59 bits per heavy atom. The van der Waals surface area contributed by atoms with Crippen molar-refractivity contribution in [3.8, 4) is 0 Å². The Kier molecular flexibility index (Phi) is 13.0. The van der Waals surface area contributed by atoms with Crippen LogP contribution in [0.1, 0.15) is 19.8 Å². The van der Waals surface area contributed by atoms with Crippen LogP contribution in [0.4, 0.5) is 5.69 Å². The summed E-state index contributed by atoms with van der Waals surface area (Å²) in [6, 6.07) is 7.39. The average molecular weight is 859 g/mol. The minimum absolute atomic E-state index is 0.0760. The number of hydrogen-bond acceptors (Lipinski definition) is 15.